The van der Waals surface area contributed by atoms with Gasteiger partial charge in [-0.25, -0.2) is 4.98 Å². The Labute approximate surface area is 129 Å². The van der Waals surface area contributed by atoms with Crippen molar-refractivity contribution in [3.63, 3.8) is 0 Å². The highest BCUT2D eigenvalue weighted by atomic mass is 32.2. The summed E-state index contributed by atoms with van der Waals surface area (Å²) in [4.78, 5) is 11.5. The summed E-state index contributed by atoms with van der Waals surface area (Å²) in [5.74, 6) is 4.07. The van der Waals surface area contributed by atoms with Crippen molar-refractivity contribution in [3.05, 3.63) is 24.3 Å². The summed E-state index contributed by atoms with van der Waals surface area (Å²) in [5, 5.41) is 7.57. The second kappa shape index (κ2) is 6.95. The molecule has 5 nitrogen and oxygen atoms in total. The largest absolute Gasteiger partial charge is 0.368 e. The van der Waals surface area contributed by atoms with Crippen LogP contribution in [-0.2, 0) is 0 Å². The average molecular weight is 303 g/mol. The van der Waals surface area contributed by atoms with E-state index in [4.69, 9.17) is 0 Å². The summed E-state index contributed by atoms with van der Waals surface area (Å²) in [6, 6.07) is 8.11. The number of hydrogen-bond acceptors (Lipinski definition) is 6. The first-order valence-electron chi connectivity index (χ1n) is 7.35. The number of benzene rings is 1. The van der Waals surface area contributed by atoms with E-state index in [1.54, 1.807) is 0 Å². The quantitative estimate of drug-likeness (QED) is 0.882. The molecule has 3 rings (SSSR count). The highest BCUT2D eigenvalue weighted by molar-refractivity contribution is 7.99. The monoisotopic (exact) mass is 303 g/mol. The number of fused-ring (bicyclic) bond motifs is 1. The molecule has 2 heterocycles. The van der Waals surface area contributed by atoms with Gasteiger partial charge in [0.2, 0.25) is 5.95 Å². The molecule has 0 saturated carbocycles. The van der Waals surface area contributed by atoms with Crippen molar-refractivity contribution in [1.82, 2.24) is 14.9 Å². The molecular formula is C15H21N5S. The number of aromatic nitrogens is 2. The van der Waals surface area contributed by atoms with Crippen LogP contribution in [0.5, 0.6) is 0 Å². The standard InChI is InChI=1S/C15H21N5S/c1-16-15-18-13-5-3-2-4-12(13)14(19-15)17-6-7-20-8-10-21-11-9-20/h2-5H,6-11H2,1H3,(H2,16,17,18,19). The van der Waals surface area contributed by atoms with E-state index >= 15 is 0 Å². The van der Waals surface area contributed by atoms with Crippen molar-refractivity contribution in [3.8, 4) is 0 Å². The minimum Gasteiger partial charge on any atom is -0.368 e. The van der Waals surface area contributed by atoms with Crippen molar-refractivity contribution >= 4 is 34.4 Å². The lowest BCUT2D eigenvalue weighted by molar-refractivity contribution is 0.314. The van der Waals surface area contributed by atoms with Crippen LogP contribution in [0.2, 0.25) is 0 Å². The zero-order valence-corrected chi connectivity index (χ0v) is 13.1. The third kappa shape index (κ3) is 3.57. The number of thioether (sulfide) groups is 1. The normalized spacial score (nSPS) is 16.0. The molecule has 0 unspecified atom stereocenters. The molecule has 1 aliphatic heterocycles. The van der Waals surface area contributed by atoms with Gasteiger partial charge < -0.3 is 10.6 Å². The predicted molar refractivity (Wildman–Crippen MR) is 91.3 cm³/mol. The van der Waals surface area contributed by atoms with Gasteiger partial charge in [-0.05, 0) is 12.1 Å². The van der Waals surface area contributed by atoms with Gasteiger partial charge in [0.15, 0.2) is 0 Å². The Bertz CT molecular complexity index is 598. The van der Waals surface area contributed by atoms with E-state index in [-0.39, 0.29) is 0 Å². The topological polar surface area (TPSA) is 53.1 Å². The Hall–Kier alpha value is -1.53. The lowest BCUT2D eigenvalue weighted by Crippen LogP contribution is -2.36. The summed E-state index contributed by atoms with van der Waals surface area (Å²) in [6.45, 7) is 4.36. The van der Waals surface area contributed by atoms with Crippen molar-refractivity contribution in [2.24, 2.45) is 0 Å². The molecule has 6 heteroatoms. The van der Waals surface area contributed by atoms with E-state index in [1.807, 2.05) is 37.0 Å². The first-order chi connectivity index (χ1) is 10.4. The van der Waals surface area contributed by atoms with Crippen molar-refractivity contribution in [1.29, 1.82) is 0 Å². The number of anilines is 2. The van der Waals surface area contributed by atoms with Gasteiger partial charge in [0, 0.05) is 50.1 Å². The molecule has 112 valence electrons. The SMILES string of the molecule is CNc1nc(NCCN2CCSCC2)c2ccccc2n1. The molecule has 1 aliphatic rings. The highest BCUT2D eigenvalue weighted by Gasteiger charge is 2.10. The van der Waals surface area contributed by atoms with Crippen LogP contribution >= 0.6 is 11.8 Å². The molecule has 0 atom stereocenters. The third-order valence-corrected chi connectivity index (χ3v) is 4.59. The van der Waals surface area contributed by atoms with Crippen molar-refractivity contribution < 1.29 is 0 Å². The smallest absolute Gasteiger partial charge is 0.224 e. The first kappa shape index (κ1) is 14.4. The van der Waals surface area contributed by atoms with Crippen LogP contribution in [0.15, 0.2) is 24.3 Å². The molecule has 0 radical (unpaired) electrons. The zero-order valence-electron chi connectivity index (χ0n) is 12.3. The Morgan fingerprint density at radius 3 is 2.81 bits per heavy atom. The minimum atomic E-state index is 0.658. The molecule has 1 saturated heterocycles. The molecule has 0 spiro atoms. The number of nitrogens with one attached hydrogen (secondary N) is 2. The van der Waals surface area contributed by atoms with E-state index in [2.05, 4.69) is 31.6 Å². The van der Waals surface area contributed by atoms with Gasteiger partial charge in [-0.1, -0.05) is 12.1 Å². The van der Waals surface area contributed by atoms with Crippen LogP contribution in [0.1, 0.15) is 0 Å². The van der Waals surface area contributed by atoms with E-state index in [1.165, 1.54) is 24.6 Å². The summed E-state index contributed by atoms with van der Waals surface area (Å²) in [5.41, 5.74) is 0.966. The molecule has 0 aliphatic carbocycles. The van der Waals surface area contributed by atoms with Crippen molar-refractivity contribution in [2.75, 3.05) is 55.4 Å². The predicted octanol–water partition coefficient (Wildman–Crippen LogP) is 2.13. The van der Waals surface area contributed by atoms with Gasteiger partial charge in [-0.15, -0.1) is 0 Å². The van der Waals surface area contributed by atoms with Gasteiger partial charge in [0.25, 0.3) is 0 Å². The number of rotatable bonds is 5. The van der Waals surface area contributed by atoms with Crippen LogP contribution in [0, 0.1) is 0 Å². The van der Waals surface area contributed by atoms with E-state index < -0.39 is 0 Å². The van der Waals surface area contributed by atoms with Crippen LogP contribution < -0.4 is 10.6 Å². The average Bonchev–Trinajstić information content (AvgIpc) is 2.55. The summed E-state index contributed by atoms with van der Waals surface area (Å²) in [7, 11) is 1.85. The lowest BCUT2D eigenvalue weighted by Gasteiger charge is -2.26. The van der Waals surface area contributed by atoms with Gasteiger partial charge in [-0.3, -0.25) is 4.90 Å². The van der Waals surface area contributed by atoms with Crippen LogP contribution in [0.25, 0.3) is 10.9 Å². The maximum Gasteiger partial charge on any atom is 0.224 e. The van der Waals surface area contributed by atoms with E-state index in [0.29, 0.717) is 5.95 Å². The molecule has 0 bridgehead atoms. The van der Waals surface area contributed by atoms with Gasteiger partial charge >= 0.3 is 0 Å². The Kier molecular flexibility index (Phi) is 4.77. The van der Waals surface area contributed by atoms with E-state index in [9.17, 15) is 0 Å². The summed E-state index contributed by atoms with van der Waals surface area (Å²) in [6.07, 6.45) is 0. The molecule has 1 fully saturated rings. The summed E-state index contributed by atoms with van der Waals surface area (Å²) < 4.78 is 0. The molecule has 1 aromatic carbocycles. The number of nitrogens with zero attached hydrogens (tertiary/aromatic N) is 3. The van der Waals surface area contributed by atoms with Crippen molar-refractivity contribution in [2.45, 2.75) is 0 Å². The molecule has 2 N–H and O–H groups in total. The van der Waals surface area contributed by atoms with Crippen LogP contribution in [-0.4, -0.2) is 59.6 Å². The van der Waals surface area contributed by atoms with Crippen LogP contribution in [0.4, 0.5) is 11.8 Å². The minimum absolute atomic E-state index is 0.658. The molecule has 0 amide bonds. The third-order valence-electron chi connectivity index (χ3n) is 3.65. The lowest BCUT2D eigenvalue weighted by atomic mass is 10.2. The second-order valence-electron chi connectivity index (χ2n) is 5.04. The summed E-state index contributed by atoms with van der Waals surface area (Å²) >= 11 is 2.04. The molecular weight excluding hydrogens is 282 g/mol. The van der Waals surface area contributed by atoms with Gasteiger partial charge in [0.05, 0.1) is 5.52 Å². The molecule has 1 aromatic heterocycles. The fourth-order valence-corrected chi connectivity index (χ4v) is 3.46. The fourth-order valence-electron chi connectivity index (χ4n) is 2.48. The highest BCUT2D eigenvalue weighted by Crippen LogP contribution is 2.21. The number of para-hydroxylation sites is 1. The maximum absolute atomic E-state index is 4.55. The Balaban J connectivity index is 1.70. The van der Waals surface area contributed by atoms with E-state index in [0.717, 1.165) is 29.8 Å². The van der Waals surface area contributed by atoms with Gasteiger partial charge in [0.1, 0.15) is 5.82 Å². The Morgan fingerprint density at radius 1 is 1.19 bits per heavy atom. The second-order valence-corrected chi connectivity index (χ2v) is 6.27. The zero-order chi connectivity index (χ0) is 14.5. The first-order valence-corrected chi connectivity index (χ1v) is 8.51. The van der Waals surface area contributed by atoms with Crippen LogP contribution in [0.3, 0.4) is 0 Å². The molecule has 2 aromatic rings. The number of hydrogen-bond donors (Lipinski definition) is 2. The van der Waals surface area contributed by atoms with Gasteiger partial charge in [-0.2, -0.15) is 16.7 Å². The fraction of sp³-hybridized carbons (Fsp3) is 0.467. The maximum atomic E-state index is 4.55. The molecule has 21 heavy (non-hydrogen) atoms. The Morgan fingerprint density at radius 2 is 2.00 bits per heavy atom.